The van der Waals surface area contributed by atoms with Gasteiger partial charge in [0.1, 0.15) is 12.4 Å². The molecule has 0 fully saturated rings. The molecule has 0 aliphatic carbocycles. The molecule has 0 spiro atoms. The predicted molar refractivity (Wildman–Crippen MR) is 62.2 cm³/mol. The zero-order chi connectivity index (χ0) is 11.6. The molecule has 0 aliphatic heterocycles. The molecule has 0 aliphatic rings. The van der Waals surface area contributed by atoms with Crippen molar-refractivity contribution in [1.29, 1.82) is 0 Å². The monoisotopic (exact) mass is 227 g/mol. The molecule has 4 heteroatoms. The Labute approximate surface area is 96.9 Å². The first kappa shape index (κ1) is 13.2. The van der Waals surface area contributed by atoms with E-state index in [0.29, 0.717) is 19.8 Å². The van der Waals surface area contributed by atoms with Crippen LogP contribution in [0.25, 0.3) is 0 Å². The maximum absolute atomic E-state index is 5.45. The minimum Gasteiger partial charge on any atom is -0.467 e. The van der Waals surface area contributed by atoms with Crippen molar-refractivity contribution >= 4 is 0 Å². The van der Waals surface area contributed by atoms with Crippen molar-refractivity contribution in [1.82, 2.24) is 5.32 Å². The van der Waals surface area contributed by atoms with Crippen LogP contribution in [0.1, 0.15) is 25.2 Å². The van der Waals surface area contributed by atoms with E-state index in [4.69, 9.17) is 13.9 Å². The van der Waals surface area contributed by atoms with E-state index >= 15 is 0 Å². The molecule has 0 aromatic carbocycles. The van der Waals surface area contributed by atoms with Crippen molar-refractivity contribution in [3.63, 3.8) is 0 Å². The first-order chi connectivity index (χ1) is 7.88. The molecular formula is C12H21NO3. The molecule has 1 aromatic heterocycles. The van der Waals surface area contributed by atoms with Gasteiger partial charge in [0, 0.05) is 18.7 Å². The summed E-state index contributed by atoms with van der Waals surface area (Å²) in [6.07, 6.45) is 1.70. The van der Waals surface area contributed by atoms with Gasteiger partial charge in [-0.3, -0.25) is 0 Å². The van der Waals surface area contributed by atoms with Gasteiger partial charge in [-0.1, -0.05) is 6.92 Å². The SMILES string of the molecule is CCNCc1ccoc1COCCOCC. The highest BCUT2D eigenvalue weighted by Crippen LogP contribution is 2.11. The Hall–Kier alpha value is -0.840. The van der Waals surface area contributed by atoms with Gasteiger partial charge in [-0.25, -0.2) is 0 Å². The third-order valence-corrected chi connectivity index (χ3v) is 2.21. The zero-order valence-corrected chi connectivity index (χ0v) is 10.1. The van der Waals surface area contributed by atoms with Crippen molar-refractivity contribution in [2.45, 2.75) is 27.0 Å². The smallest absolute Gasteiger partial charge is 0.133 e. The summed E-state index contributed by atoms with van der Waals surface area (Å²) in [4.78, 5) is 0. The maximum Gasteiger partial charge on any atom is 0.133 e. The van der Waals surface area contributed by atoms with Crippen molar-refractivity contribution in [3.05, 3.63) is 23.7 Å². The maximum atomic E-state index is 5.45. The largest absolute Gasteiger partial charge is 0.467 e. The molecule has 1 N–H and O–H groups in total. The molecule has 1 rings (SSSR count). The molecule has 0 amide bonds. The van der Waals surface area contributed by atoms with Crippen LogP contribution in [0, 0.1) is 0 Å². The van der Waals surface area contributed by atoms with Crippen LogP contribution in [0.3, 0.4) is 0 Å². The molecule has 0 atom stereocenters. The minimum absolute atomic E-state index is 0.515. The highest BCUT2D eigenvalue weighted by molar-refractivity contribution is 5.15. The van der Waals surface area contributed by atoms with Gasteiger partial charge < -0.3 is 19.2 Å². The Morgan fingerprint density at radius 1 is 1.25 bits per heavy atom. The fourth-order valence-corrected chi connectivity index (χ4v) is 1.34. The number of nitrogens with one attached hydrogen (secondary N) is 1. The van der Waals surface area contributed by atoms with E-state index in [9.17, 15) is 0 Å². The van der Waals surface area contributed by atoms with Gasteiger partial charge in [-0.15, -0.1) is 0 Å². The van der Waals surface area contributed by atoms with Gasteiger partial charge in [0.2, 0.25) is 0 Å². The number of hydrogen-bond acceptors (Lipinski definition) is 4. The quantitative estimate of drug-likeness (QED) is 0.655. The standard InChI is InChI=1S/C12H21NO3/c1-3-13-9-11-5-6-16-12(11)10-15-8-7-14-4-2/h5-6,13H,3-4,7-10H2,1-2H3. The molecule has 0 saturated heterocycles. The fraction of sp³-hybridized carbons (Fsp3) is 0.667. The molecule has 0 saturated carbocycles. The van der Waals surface area contributed by atoms with E-state index in [0.717, 1.165) is 25.5 Å². The van der Waals surface area contributed by atoms with Crippen LogP contribution in [0.5, 0.6) is 0 Å². The van der Waals surface area contributed by atoms with Gasteiger partial charge >= 0.3 is 0 Å². The lowest BCUT2D eigenvalue weighted by molar-refractivity contribution is 0.0387. The summed E-state index contributed by atoms with van der Waals surface area (Å²) in [5, 5.41) is 3.26. The summed E-state index contributed by atoms with van der Waals surface area (Å²) in [6, 6.07) is 1.98. The Morgan fingerprint density at radius 2 is 2.06 bits per heavy atom. The molecular weight excluding hydrogens is 206 g/mol. The normalized spacial score (nSPS) is 10.9. The van der Waals surface area contributed by atoms with Gasteiger partial charge in [-0.2, -0.15) is 0 Å². The average molecular weight is 227 g/mol. The third-order valence-electron chi connectivity index (χ3n) is 2.21. The zero-order valence-electron chi connectivity index (χ0n) is 10.1. The molecule has 16 heavy (non-hydrogen) atoms. The highest BCUT2D eigenvalue weighted by Gasteiger charge is 2.05. The van der Waals surface area contributed by atoms with Crippen molar-refractivity contribution < 1.29 is 13.9 Å². The summed E-state index contributed by atoms with van der Waals surface area (Å²) in [6.45, 7) is 8.33. The molecule has 0 radical (unpaired) electrons. The van der Waals surface area contributed by atoms with E-state index in [1.165, 1.54) is 5.56 Å². The Morgan fingerprint density at radius 3 is 2.81 bits per heavy atom. The molecule has 0 unspecified atom stereocenters. The number of hydrogen-bond donors (Lipinski definition) is 1. The molecule has 4 nitrogen and oxygen atoms in total. The Bertz CT molecular complexity index is 273. The minimum atomic E-state index is 0.515. The number of ether oxygens (including phenoxy) is 2. The van der Waals surface area contributed by atoms with Crippen LogP contribution in [0.4, 0.5) is 0 Å². The van der Waals surface area contributed by atoms with Gasteiger partial charge in [0.25, 0.3) is 0 Å². The van der Waals surface area contributed by atoms with Crippen LogP contribution in [0.2, 0.25) is 0 Å². The van der Waals surface area contributed by atoms with Crippen LogP contribution >= 0.6 is 0 Å². The number of rotatable bonds is 9. The van der Waals surface area contributed by atoms with Crippen molar-refractivity contribution in [2.75, 3.05) is 26.4 Å². The van der Waals surface area contributed by atoms with Crippen molar-refractivity contribution in [3.8, 4) is 0 Å². The van der Waals surface area contributed by atoms with E-state index in [2.05, 4.69) is 12.2 Å². The first-order valence-electron chi connectivity index (χ1n) is 5.79. The molecule has 92 valence electrons. The van der Waals surface area contributed by atoms with E-state index in [1.54, 1.807) is 6.26 Å². The lowest BCUT2D eigenvalue weighted by Crippen LogP contribution is -2.13. The van der Waals surface area contributed by atoms with Gasteiger partial charge in [-0.05, 0) is 19.5 Å². The van der Waals surface area contributed by atoms with E-state index < -0.39 is 0 Å². The lowest BCUT2D eigenvalue weighted by atomic mass is 10.2. The molecule has 1 heterocycles. The van der Waals surface area contributed by atoms with Crippen LogP contribution < -0.4 is 5.32 Å². The Kier molecular flexibility index (Phi) is 6.88. The summed E-state index contributed by atoms with van der Waals surface area (Å²) in [5.74, 6) is 0.900. The van der Waals surface area contributed by atoms with Crippen LogP contribution in [-0.2, 0) is 22.6 Å². The molecule has 1 aromatic rings. The second-order valence-corrected chi connectivity index (χ2v) is 3.40. The van der Waals surface area contributed by atoms with Crippen LogP contribution in [-0.4, -0.2) is 26.4 Å². The molecule has 0 bridgehead atoms. The highest BCUT2D eigenvalue weighted by atomic mass is 16.5. The third kappa shape index (κ3) is 4.79. The fourth-order valence-electron chi connectivity index (χ4n) is 1.34. The summed E-state index contributed by atoms with van der Waals surface area (Å²) in [5.41, 5.74) is 1.17. The summed E-state index contributed by atoms with van der Waals surface area (Å²) in [7, 11) is 0. The van der Waals surface area contributed by atoms with E-state index in [-0.39, 0.29) is 0 Å². The van der Waals surface area contributed by atoms with E-state index in [1.807, 2.05) is 13.0 Å². The summed E-state index contributed by atoms with van der Waals surface area (Å²) >= 11 is 0. The summed E-state index contributed by atoms with van der Waals surface area (Å²) < 4.78 is 16.0. The predicted octanol–water partition coefficient (Wildman–Crippen LogP) is 1.94. The van der Waals surface area contributed by atoms with Gasteiger partial charge in [0.05, 0.1) is 19.5 Å². The Balaban J connectivity index is 2.22. The second kappa shape index (κ2) is 8.33. The second-order valence-electron chi connectivity index (χ2n) is 3.40. The average Bonchev–Trinajstić information content (AvgIpc) is 2.74. The topological polar surface area (TPSA) is 43.6 Å². The lowest BCUT2D eigenvalue weighted by Gasteiger charge is -2.05. The van der Waals surface area contributed by atoms with Crippen molar-refractivity contribution in [2.24, 2.45) is 0 Å². The first-order valence-corrected chi connectivity index (χ1v) is 5.79. The van der Waals surface area contributed by atoms with Gasteiger partial charge in [0.15, 0.2) is 0 Å². The number of furan rings is 1. The van der Waals surface area contributed by atoms with Crippen LogP contribution in [0.15, 0.2) is 16.7 Å².